The van der Waals surface area contributed by atoms with Gasteiger partial charge in [-0.2, -0.15) is 0 Å². The Morgan fingerprint density at radius 2 is 2.50 bits per heavy atom. The number of hydrogen-bond acceptors (Lipinski definition) is 3. The molecule has 1 aromatic heterocycles. The Hall–Kier alpha value is -0.390. The molecule has 1 fully saturated rings. The molecule has 1 aliphatic heterocycles. The third kappa shape index (κ3) is 3.57. The third-order valence-corrected chi connectivity index (χ3v) is 4.31. The van der Waals surface area contributed by atoms with Gasteiger partial charge in [-0.1, -0.05) is 0 Å². The van der Waals surface area contributed by atoms with Crippen molar-refractivity contribution in [2.75, 3.05) is 6.54 Å². The predicted octanol–water partition coefficient (Wildman–Crippen LogP) is 2.27. The second-order valence-corrected chi connectivity index (χ2v) is 6.53. The van der Waals surface area contributed by atoms with Crippen molar-refractivity contribution in [1.29, 1.82) is 0 Å². The summed E-state index contributed by atoms with van der Waals surface area (Å²) in [5.74, 6) is 0.143. The van der Waals surface area contributed by atoms with E-state index in [0.717, 1.165) is 16.8 Å². The number of carbonyl (C=O) groups is 1. The summed E-state index contributed by atoms with van der Waals surface area (Å²) in [6.45, 7) is 1.69. The molecule has 2 heterocycles. The molecule has 0 radical (unpaired) electrons. The standard InChI is InChI=1S/C11H15BrN2OS/c12-10-4-3-9(16-10)7-14-11(15)6-8-2-1-5-13-8/h3-4,8,13H,1-2,5-7H2,(H,14,15). The van der Waals surface area contributed by atoms with Crippen LogP contribution in [-0.2, 0) is 11.3 Å². The van der Waals surface area contributed by atoms with E-state index in [9.17, 15) is 4.79 Å². The highest BCUT2D eigenvalue weighted by molar-refractivity contribution is 9.11. The second-order valence-electron chi connectivity index (χ2n) is 3.98. The van der Waals surface area contributed by atoms with E-state index in [1.165, 1.54) is 11.3 Å². The van der Waals surface area contributed by atoms with Gasteiger partial charge in [0.15, 0.2) is 0 Å². The van der Waals surface area contributed by atoms with Crippen LogP contribution in [0.5, 0.6) is 0 Å². The fourth-order valence-corrected chi connectivity index (χ4v) is 3.28. The van der Waals surface area contributed by atoms with Gasteiger partial charge in [0, 0.05) is 17.3 Å². The highest BCUT2D eigenvalue weighted by atomic mass is 79.9. The zero-order chi connectivity index (χ0) is 11.4. The van der Waals surface area contributed by atoms with E-state index in [-0.39, 0.29) is 5.91 Å². The fraction of sp³-hybridized carbons (Fsp3) is 0.545. The van der Waals surface area contributed by atoms with E-state index < -0.39 is 0 Å². The van der Waals surface area contributed by atoms with E-state index >= 15 is 0 Å². The van der Waals surface area contributed by atoms with E-state index in [1.807, 2.05) is 12.1 Å². The SMILES string of the molecule is O=C(CC1CCCN1)NCc1ccc(Br)s1. The van der Waals surface area contributed by atoms with Crippen molar-refractivity contribution in [1.82, 2.24) is 10.6 Å². The minimum absolute atomic E-state index is 0.143. The van der Waals surface area contributed by atoms with Crippen LogP contribution in [0.4, 0.5) is 0 Å². The molecule has 1 saturated heterocycles. The summed E-state index contributed by atoms with van der Waals surface area (Å²) in [7, 11) is 0. The molecule has 0 spiro atoms. The Kier molecular flexibility index (Phi) is 4.37. The molecule has 2 N–H and O–H groups in total. The molecular weight excluding hydrogens is 288 g/mol. The van der Waals surface area contributed by atoms with Crippen molar-refractivity contribution >= 4 is 33.2 Å². The molecule has 2 rings (SSSR count). The molecule has 5 heteroatoms. The lowest BCUT2D eigenvalue weighted by Crippen LogP contribution is -2.31. The normalized spacial score (nSPS) is 19.9. The monoisotopic (exact) mass is 302 g/mol. The zero-order valence-corrected chi connectivity index (χ0v) is 11.4. The summed E-state index contributed by atoms with van der Waals surface area (Å²) in [5, 5.41) is 6.27. The van der Waals surface area contributed by atoms with Crippen LogP contribution in [-0.4, -0.2) is 18.5 Å². The molecule has 1 aromatic rings. The van der Waals surface area contributed by atoms with E-state index in [4.69, 9.17) is 0 Å². The molecule has 1 unspecified atom stereocenters. The van der Waals surface area contributed by atoms with E-state index in [2.05, 4.69) is 26.6 Å². The van der Waals surface area contributed by atoms with Crippen molar-refractivity contribution in [2.45, 2.75) is 31.8 Å². The number of nitrogens with one attached hydrogen (secondary N) is 2. The maximum absolute atomic E-state index is 11.6. The second kappa shape index (κ2) is 5.80. The van der Waals surface area contributed by atoms with Crippen molar-refractivity contribution in [2.24, 2.45) is 0 Å². The Morgan fingerprint density at radius 3 is 3.12 bits per heavy atom. The average Bonchev–Trinajstić information content (AvgIpc) is 2.87. The van der Waals surface area contributed by atoms with Gasteiger partial charge < -0.3 is 10.6 Å². The molecule has 1 atom stereocenters. The third-order valence-electron chi connectivity index (χ3n) is 2.68. The Balaban J connectivity index is 1.71. The Bertz CT molecular complexity index is 361. The van der Waals surface area contributed by atoms with Crippen molar-refractivity contribution in [3.05, 3.63) is 20.8 Å². The van der Waals surface area contributed by atoms with Crippen LogP contribution >= 0.6 is 27.3 Å². The minimum atomic E-state index is 0.143. The van der Waals surface area contributed by atoms with E-state index in [0.29, 0.717) is 19.0 Å². The molecule has 88 valence electrons. The molecule has 0 bridgehead atoms. The Labute approximate surface area is 108 Å². The first kappa shape index (κ1) is 12.1. The van der Waals surface area contributed by atoms with Gasteiger partial charge in [-0.3, -0.25) is 4.79 Å². The first-order chi connectivity index (χ1) is 7.74. The van der Waals surface area contributed by atoms with Crippen LogP contribution in [0.15, 0.2) is 15.9 Å². The maximum Gasteiger partial charge on any atom is 0.221 e. The first-order valence-electron chi connectivity index (χ1n) is 5.48. The number of carbonyl (C=O) groups excluding carboxylic acids is 1. The quantitative estimate of drug-likeness (QED) is 0.896. The van der Waals surface area contributed by atoms with Crippen molar-refractivity contribution in [3.63, 3.8) is 0 Å². The average molecular weight is 303 g/mol. The predicted molar refractivity (Wildman–Crippen MR) is 69.5 cm³/mol. The molecule has 1 aliphatic rings. The van der Waals surface area contributed by atoms with Crippen LogP contribution in [0.2, 0.25) is 0 Å². The molecule has 3 nitrogen and oxygen atoms in total. The number of hydrogen-bond donors (Lipinski definition) is 2. The first-order valence-corrected chi connectivity index (χ1v) is 7.09. The summed E-state index contributed by atoms with van der Waals surface area (Å²) in [6.07, 6.45) is 2.92. The topological polar surface area (TPSA) is 41.1 Å². The van der Waals surface area contributed by atoms with Gasteiger partial charge in [0.1, 0.15) is 0 Å². The smallest absolute Gasteiger partial charge is 0.221 e. The van der Waals surface area contributed by atoms with Crippen LogP contribution < -0.4 is 10.6 Å². The summed E-state index contributed by atoms with van der Waals surface area (Å²) in [5.41, 5.74) is 0. The van der Waals surface area contributed by atoms with Gasteiger partial charge in [0.25, 0.3) is 0 Å². The fourth-order valence-electron chi connectivity index (χ4n) is 1.86. The highest BCUT2D eigenvalue weighted by Gasteiger charge is 2.17. The van der Waals surface area contributed by atoms with E-state index in [1.54, 1.807) is 11.3 Å². The lowest BCUT2D eigenvalue weighted by Gasteiger charge is -2.09. The van der Waals surface area contributed by atoms with Crippen LogP contribution in [0.25, 0.3) is 0 Å². The zero-order valence-electron chi connectivity index (χ0n) is 8.96. The van der Waals surface area contributed by atoms with Crippen LogP contribution in [0.3, 0.4) is 0 Å². The number of amides is 1. The van der Waals surface area contributed by atoms with Crippen molar-refractivity contribution in [3.8, 4) is 0 Å². The van der Waals surface area contributed by atoms with Crippen molar-refractivity contribution < 1.29 is 4.79 Å². The van der Waals surface area contributed by atoms with Gasteiger partial charge in [-0.05, 0) is 47.4 Å². The molecular formula is C11H15BrN2OS. The molecule has 1 amide bonds. The van der Waals surface area contributed by atoms with Gasteiger partial charge in [0.05, 0.1) is 10.3 Å². The lowest BCUT2D eigenvalue weighted by molar-refractivity contribution is -0.121. The van der Waals surface area contributed by atoms with Gasteiger partial charge >= 0.3 is 0 Å². The molecule has 16 heavy (non-hydrogen) atoms. The van der Waals surface area contributed by atoms with Crippen LogP contribution in [0, 0.1) is 0 Å². The van der Waals surface area contributed by atoms with Gasteiger partial charge in [-0.15, -0.1) is 11.3 Å². The summed E-state index contributed by atoms with van der Waals surface area (Å²) in [6, 6.07) is 4.42. The van der Waals surface area contributed by atoms with Crippen LogP contribution in [0.1, 0.15) is 24.1 Å². The number of halogens is 1. The molecule has 0 aliphatic carbocycles. The van der Waals surface area contributed by atoms with Gasteiger partial charge in [0.2, 0.25) is 5.91 Å². The molecule has 0 saturated carbocycles. The molecule has 0 aromatic carbocycles. The Morgan fingerprint density at radius 1 is 1.62 bits per heavy atom. The number of rotatable bonds is 4. The maximum atomic E-state index is 11.6. The number of thiophene rings is 1. The summed E-state index contributed by atoms with van der Waals surface area (Å²) < 4.78 is 1.11. The summed E-state index contributed by atoms with van der Waals surface area (Å²) in [4.78, 5) is 12.8. The lowest BCUT2D eigenvalue weighted by atomic mass is 10.1. The van der Waals surface area contributed by atoms with Gasteiger partial charge in [-0.25, -0.2) is 0 Å². The largest absolute Gasteiger partial charge is 0.351 e. The summed E-state index contributed by atoms with van der Waals surface area (Å²) >= 11 is 5.06. The minimum Gasteiger partial charge on any atom is -0.351 e. The highest BCUT2D eigenvalue weighted by Crippen LogP contribution is 2.21.